The fraction of sp³-hybridized carbons (Fsp3) is 0.238. The number of aromatic nitrogens is 2. The normalized spacial score (nSPS) is 15.5. The molecule has 2 heterocycles. The van der Waals surface area contributed by atoms with Crippen molar-refractivity contribution in [3.05, 3.63) is 80.6 Å². The summed E-state index contributed by atoms with van der Waals surface area (Å²) in [6.45, 7) is 5.97. The summed E-state index contributed by atoms with van der Waals surface area (Å²) in [7, 11) is 0. The first-order chi connectivity index (χ1) is 12.9. The molecule has 0 radical (unpaired) electrons. The molecule has 0 bridgehead atoms. The van der Waals surface area contributed by atoms with Gasteiger partial charge in [-0.2, -0.15) is 5.10 Å². The fourth-order valence-electron chi connectivity index (χ4n) is 3.55. The Labute approximate surface area is 172 Å². The molecule has 4 rings (SSSR count). The van der Waals surface area contributed by atoms with Crippen LogP contribution < -0.4 is 5.32 Å². The third-order valence-electron chi connectivity index (χ3n) is 5.15. The first-order valence-corrected chi connectivity index (χ1v) is 9.96. The lowest BCUT2D eigenvalue weighted by Gasteiger charge is -2.31. The van der Waals surface area contributed by atoms with Crippen LogP contribution in [0.5, 0.6) is 0 Å². The van der Waals surface area contributed by atoms with Crippen molar-refractivity contribution >= 4 is 34.3 Å². The van der Waals surface area contributed by atoms with Crippen molar-refractivity contribution in [1.82, 2.24) is 15.1 Å². The van der Waals surface area contributed by atoms with E-state index in [-0.39, 0.29) is 11.4 Å². The molecule has 138 valence electrons. The molecule has 1 aliphatic heterocycles. The van der Waals surface area contributed by atoms with E-state index in [1.807, 2.05) is 18.2 Å². The Hall–Kier alpha value is -2.19. The number of benzene rings is 2. The largest absolute Gasteiger partial charge is 0.305 e. The molecule has 3 aromatic rings. The van der Waals surface area contributed by atoms with Crippen molar-refractivity contribution in [2.24, 2.45) is 0 Å². The number of carbonyl (C=O) groups excluding carboxylic acids is 1. The molecule has 0 saturated carbocycles. The number of nitrogens with zero attached hydrogens (tertiary/aromatic N) is 2. The molecule has 1 aromatic heterocycles. The molecule has 2 N–H and O–H groups in total. The topological polar surface area (TPSA) is 61.0 Å². The Morgan fingerprint density at radius 2 is 2.00 bits per heavy atom. The lowest BCUT2D eigenvalue weighted by molar-refractivity contribution is 0.102. The molecule has 0 spiro atoms. The Balaban J connectivity index is 1.56. The third kappa shape index (κ3) is 3.51. The summed E-state index contributed by atoms with van der Waals surface area (Å²) < 4.78 is 1.23. The summed E-state index contributed by atoms with van der Waals surface area (Å²) in [5, 5.41) is 10.5. The molecule has 0 fully saturated rings. The highest BCUT2D eigenvalue weighted by molar-refractivity contribution is 14.1. The second-order valence-corrected chi connectivity index (χ2v) is 8.54. The van der Waals surface area contributed by atoms with E-state index in [1.54, 1.807) is 12.1 Å². The third-order valence-corrected chi connectivity index (χ3v) is 5.82. The summed E-state index contributed by atoms with van der Waals surface area (Å²) in [4.78, 5) is 14.9. The van der Waals surface area contributed by atoms with Gasteiger partial charge in [-0.05, 0) is 66.3 Å². The summed E-state index contributed by atoms with van der Waals surface area (Å²) in [6.07, 6.45) is 0. The average Bonchev–Trinajstić information content (AvgIpc) is 3.15. The average molecular weight is 472 g/mol. The predicted molar refractivity (Wildman–Crippen MR) is 114 cm³/mol. The van der Waals surface area contributed by atoms with Crippen molar-refractivity contribution in [3.8, 4) is 0 Å². The maximum absolute atomic E-state index is 12.5. The van der Waals surface area contributed by atoms with Gasteiger partial charge in [0.1, 0.15) is 0 Å². The monoisotopic (exact) mass is 472 g/mol. The van der Waals surface area contributed by atoms with Gasteiger partial charge < -0.3 is 5.32 Å². The van der Waals surface area contributed by atoms with Gasteiger partial charge in [-0.3, -0.25) is 14.8 Å². The zero-order chi connectivity index (χ0) is 19.0. The maximum atomic E-state index is 12.5. The van der Waals surface area contributed by atoms with Crippen LogP contribution in [0.2, 0.25) is 0 Å². The molecule has 1 aliphatic rings. The van der Waals surface area contributed by atoms with Gasteiger partial charge >= 0.3 is 0 Å². The van der Waals surface area contributed by atoms with Crippen molar-refractivity contribution in [3.63, 3.8) is 0 Å². The highest BCUT2D eigenvalue weighted by Crippen LogP contribution is 2.41. The van der Waals surface area contributed by atoms with E-state index < -0.39 is 0 Å². The summed E-state index contributed by atoms with van der Waals surface area (Å²) >= 11 is 2.34. The molecule has 0 unspecified atom stereocenters. The van der Waals surface area contributed by atoms with Crippen LogP contribution in [0, 0.1) is 3.57 Å². The van der Waals surface area contributed by atoms with Crippen LogP contribution in [-0.2, 0) is 18.6 Å². The second kappa shape index (κ2) is 7.09. The summed E-state index contributed by atoms with van der Waals surface area (Å²) in [6, 6.07) is 17.8. The van der Waals surface area contributed by atoms with Crippen LogP contribution in [0.1, 0.15) is 41.0 Å². The highest BCUT2D eigenvalue weighted by atomic mass is 127. The molecular weight excluding hydrogens is 451 g/mol. The van der Waals surface area contributed by atoms with Gasteiger partial charge in [-0.1, -0.05) is 30.3 Å². The molecule has 27 heavy (non-hydrogen) atoms. The number of carbonyl (C=O) groups is 1. The van der Waals surface area contributed by atoms with Gasteiger partial charge in [0, 0.05) is 27.8 Å². The van der Waals surface area contributed by atoms with Gasteiger partial charge in [0.25, 0.3) is 5.91 Å². The number of hydrogen-bond acceptors (Lipinski definition) is 3. The number of nitrogens with one attached hydrogen (secondary N) is 2. The van der Waals surface area contributed by atoms with Gasteiger partial charge in [0.05, 0.1) is 11.2 Å². The minimum Gasteiger partial charge on any atom is -0.305 e. The minimum atomic E-state index is -0.181. The van der Waals surface area contributed by atoms with Crippen LogP contribution in [0.4, 0.5) is 5.82 Å². The van der Waals surface area contributed by atoms with Crippen LogP contribution in [-0.4, -0.2) is 21.0 Å². The van der Waals surface area contributed by atoms with Gasteiger partial charge in [0.2, 0.25) is 0 Å². The van der Waals surface area contributed by atoms with E-state index in [0.717, 1.165) is 24.3 Å². The number of rotatable bonds is 4. The predicted octanol–water partition coefficient (Wildman–Crippen LogP) is 4.52. The van der Waals surface area contributed by atoms with E-state index in [2.05, 4.69) is 81.1 Å². The number of H-pyrrole nitrogens is 1. The van der Waals surface area contributed by atoms with Crippen LogP contribution in [0.15, 0.2) is 54.6 Å². The highest BCUT2D eigenvalue weighted by Gasteiger charge is 2.41. The zero-order valence-electron chi connectivity index (χ0n) is 15.3. The second-order valence-electron chi connectivity index (χ2n) is 7.29. The van der Waals surface area contributed by atoms with Crippen molar-refractivity contribution < 1.29 is 4.79 Å². The van der Waals surface area contributed by atoms with E-state index in [9.17, 15) is 4.79 Å². The molecular formula is C21H21IN4O. The van der Waals surface area contributed by atoms with Crippen molar-refractivity contribution in [2.75, 3.05) is 5.32 Å². The van der Waals surface area contributed by atoms with E-state index >= 15 is 0 Å². The lowest BCUT2D eigenvalue weighted by atomic mass is 10.00. The first kappa shape index (κ1) is 18.2. The quantitative estimate of drug-likeness (QED) is 0.550. The number of anilines is 1. The van der Waals surface area contributed by atoms with E-state index in [4.69, 9.17) is 0 Å². The van der Waals surface area contributed by atoms with Gasteiger partial charge in [-0.25, -0.2) is 0 Å². The Bertz CT molecular complexity index is 981. The van der Waals surface area contributed by atoms with Crippen molar-refractivity contribution in [2.45, 2.75) is 32.5 Å². The maximum Gasteiger partial charge on any atom is 0.256 e. The molecule has 5 nitrogen and oxygen atoms in total. The van der Waals surface area contributed by atoms with E-state index in [1.165, 1.54) is 9.13 Å². The summed E-state index contributed by atoms with van der Waals surface area (Å²) in [5.74, 6) is 0.482. The first-order valence-electron chi connectivity index (χ1n) is 8.89. The number of halogens is 1. The molecule has 2 aromatic carbocycles. The Morgan fingerprint density at radius 3 is 2.74 bits per heavy atom. The standard InChI is InChI=1S/C21H21IN4O/c1-21(2)18-17(13-26(21)12-14-7-6-10-16(22)11-14)19(25-24-18)23-20(27)15-8-4-3-5-9-15/h3-11H,12-13H2,1-2H3,(H2,23,24,25,27). The van der Waals surface area contributed by atoms with Crippen molar-refractivity contribution in [1.29, 1.82) is 0 Å². The smallest absolute Gasteiger partial charge is 0.256 e. The van der Waals surface area contributed by atoms with Crippen LogP contribution >= 0.6 is 22.6 Å². The SMILES string of the molecule is CC1(C)c2[nH]nc(NC(=O)c3ccccc3)c2CN1Cc1cccc(I)c1. The Kier molecular flexibility index (Phi) is 4.77. The number of hydrogen-bond donors (Lipinski definition) is 2. The van der Waals surface area contributed by atoms with Gasteiger partial charge in [-0.15, -0.1) is 0 Å². The van der Waals surface area contributed by atoms with Crippen LogP contribution in [0.25, 0.3) is 0 Å². The fourth-order valence-corrected chi connectivity index (χ4v) is 4.16. The summed E-state index contributed by atoms with van der Waals surface area (Å²) in [5.41, 5.74) is 3.86. The molecule has 6 heteroatoms. The van der Waals surface area contributed by atoms with E-state index in [0.29, 0.717) is 11.4 Å². The molecule has 0 atom stereocenters. The number of fused-ring (bicyclic) bond motifs is 1. The number of amides is 1. The zero-order valence-corrected chi connectivity index (χ0v) is 17.4. The van der Waals surface area contributed by atoms with Crippen LogP contribution in [0.3, 0.4) is 0 Å². The number of aromatic amines is 1. The minimum absolute atomic E-state index is 0.140. The molecule has 0 saturated heterocycles. The van der Waals surface area contributed by atoms with Gasteiger partial charge in [0.15, 0.2) is 5.82 Å². The molecule has 0 aliphatic carbocycles. The Morgan fingerprint density at radius 1 is 1.22 bits per heavy atom. The lowest BCUT2D eigenvalue weighted by Crippen LogP contribution is -2.35. The molecule has 1 amide bonds.